The number of halogens is 2. The number of carbonyl (C=O) groups is 2. The van der Waals surface area contributed by atoms with Crippen molar-refractivity contribution in [2.45, 2.75) is 32.8 Å². The van der Waals surface area contributed by atoms with Crippen molar-refractivity contribution in [2.24, 2.45) is 0 Å². The fourth-order valence-electron chi connectivity index (χ4n) is 8.17. The van der Waals surface area contributed by atoms with Crippen LogP contribution in [0.2, 0.25) is 5.02 Å². The average molecular weight is 998 g/mol. The van der Waals surface area contributed by atoms with Crippen molar-refractivity contribution in [3.63, 3.8) is 0 Å². The van der Waals surface area contributed by atoms with Crippen molar-refractivity contribution in [3.8, 4) is 23.0 Å². The van der Waals surface area contributed by atoms with E-state index in [9.17, 15) is 30.8 Å². The number of pyridine rings is 2. The number of methoxy groups -OCH3 is 2. The fourth-order valence-corrected chi connectivity index (χ4v) is 9.47. The van der Waals surface area contributed by atoms with Gasteiger partial charge in [0.15, 0.2) is 11.5 Å². The quantitative estimate of drug-likeness (QED) is 0.112. The molecule has 0 saturated heterocycles. The van der Waals surface area contributed by atoms with Crippen LogP contribution in [0.15, 0.2) is 103 Å². The first kappa shape index (κ1) is 48.2. The van der Waals surface area contributed by atoms with Gasteiger partial charge < -0.3 is 29.2 Å². The van der Waals surface area contributed by atoms with Gasteiger partial charge in [-0.15, -0.1) is 0 Å². The lowest BCUT2D eigenvalue weighted by atomic mass is 10.0. The molecule has 5 aromatic carbocycles. The number of hydrogen-bond donors (Lipinski definition) is 1. The van der Waals surface area contributed by atoms with Crippen LogP contribution in [0.4, 0.5) is 15.8 Å². The fraction of sp³-hybridized carbons (Fsp3) is 0.224. The van der Waals surface area contributed by atoms with Gasteiger partial charge in [0.05, 0.1) is 49.2 Å². The lowest BCUT2D eigenvalue weighted by Gasteiger charge is -2.23. The predicted molar refractivity (Wildman–Crippen MR) is 261 cm³/mol. The Labute approximate surface area is 403 Å². The molecule has 358 valence electrons. The number of nitrogens with zero attached hydrogens (tertiary/aromatic N) is 5. The number of nitrogens with one attached hydrogen (secondary N) is 1. The van der Waals surface area contributed by atoms with Crippen LogP contribution in [0.5, 0.6) is 23.0 Å². The smallest absolute Gasteiger partial charge is 0.258 e. The number of ether oxygens (including phenoxy) is 4. The molecule has 69 heavy (non-hydrogen) atoms. The molecule has 1 N–H and O–H groups in total. The van der Waals surface area contributed by atoms with E-state index in [4.69, 9.17) is 30.5 Å². The molecule has 16 nitrogen and oxygen atoms in total. The third kappa shape index (κ3) is 9.75. The van der Waals surface area contributed by atoms with Gasteiger partial charge in [-0.05, 0) is 77.4 Å². The van der Waals surface area contributed by atoms with Gasteiger partial charge in [0.25, 0.3) is 11.8 Å². The SMILES string of the molecule is COc1ccc(COc2c3c(c(N(C)S(C)(=O)=O)c4cccnc24)CN(Cc2ccc(F)cc2Cl)C3=O)cc1.COc1ccc(COc2c3c(c(N(C)S(C)(=O)=O)c4cccnc24)CNC3=O)cc1. The Morgan fingerprint density at radius 3 is 1.68 bits per heavy atom. The summed E-state index contributed by atoms with van der Waals surface area (Å²) in [5, 5.41) is 4.10. The number of rotatable bonds is 14. The van der Waals surface area contributed by atoms with E-state index in [1.54, 1.807) is 50.9 Å². The van der Waals surface area contributed by atoms with E-state index >= 15 is 0 Å². The maximum Gasteiger partial charge on any atom is 0.258 e. The van der Waals surface area contributed by atoms with E-state index in [0.29, 0.717) is 66.9 Å². The molecule has 0 atom stereocenters. The number of benzene rings is 5. The minimum absolute atomic E-state index is 0.0936. The van der Waals surface area contributed by atoms with Crippen molar-refractivity contribution in [3.05, 3.63) is 153 Å². The van der Waals surface area contributed by atoms with E-state index in [-0.39, 0.29) is 61.0 Å². The molecule has 0 saturated carbocycles. The molecule has 7 aromatic rings. The molecule has 0 spiro atoms. The van der Waals surface area contributed by atoms with Gasteiger partial charge >= 0.3 is 0 Å². The zero-order valence-corrected chi connectivity index (χ0v) is 40.6. The molecule has 0 unspecified atom stereocenters. The van der Waals surface area contributed by atoms with E-state index in [2.05, 4.69) is 15.3 Å². The Morgan fingerprint density at radius 2 is 1.20 bits per heavy atom. The van der Waals surface area contributed by atoms with Crippen molar-refractivity contribution in [1.29, 1.82) is 0 Å². The Morgan fingerprint density at radius 1 is 0.710 bits per heavy atom. The minimum atomic E-state index is -3.69. The largest absolute Gasteiger partial charge is 0.497 e. The molecule has 20 heteroatoms. The van der Waals surface area contributed by atoms with Crippen LogP contribution in [-0.4, -0.2) is 84.3 Å². The molecule has 0 aliphatic carbocycles. The third-order valence-electron chi connectivity index (χ3n) is 11.8. The Bertz CT molecular complexity index is 3380. The molecule has 0 bridgehead atoms. The molecule has 0 fully saturated rings. The van der Waals surface area contributed by atoms with Gasteiger partial charge in [-0.1, -0.05) is 41.9 Å². The highest BCUT2D eigenvalue weighted by atomic mass is 35.5. The van der Waals surface area contributed by atoms with E-state index in [0.717, 1.165) is 33.7 Å². The standard InChI is InChI=1S/C28H25ClFN3O5S.C21H21N3O5S/c1-32(39(3,35)36)26-21-5-4-12-31-25(21)27(38-16-17-6-10-20(37-2)11-7-17)24-22(26)15-33(28(24)34)14-18-8-9-19(30)13-23(18)29;1-24(30(3,26)27)19-15-5-4-10-22-18(15)20(17-16(19)11-23-21(17)25)29-12-13-6-8-14(28-2)9-7-13/h4-13H,14-16H2,1-3H3;4-10H,11-12H2,1-3H3,(H,23,25). The predicted octanol–water partition coefficient (Wildman–Crippen LogP) is 7.63. The first-order chi connectivity index (χ1) is 32.9. The summed E-state index contributed by atoms with van der Waals surface area (Å²) in [6.45, 7) is 0.765. The zero-order valence-electron chi connectivity index (χ0n) is 38.2. The van der Waals surface area contributed by atoms with E-state index in [1.807, 2.05) is 48.5 Å². The second-order valence-corrected chi connectivity index (χ2v) is 20.6. The van der Waals surface area contributed by atoms with E-state index in [1.165, 1.54) is 41.5 Å². The summed E-state index contributed by atoms with van der Waals surface area (Å²) in [7, 11) is -1.14. The maximum atomic E-state index is 13.9. The van der Waals surface area contributed by atoms with Gasteiger partial charge in [0.1, 0.15) is 41.6 Å². The first-order valence-electron chi connectivity index (χ1n) is 21.2. The summed E-state index contributed by atoms with van der Waals surface area (Å²) in [5.41, 5.74) is 5.52. The molecule has 2 aliphatic heterocycles. The second kappa shape index (κ2) is 19.4. The number of carbonyl (C=O) groups excluding carboxylic acids is 2. The Balaban J connectivity index is 0.000000192. The molecular formula is C49H46ClFN6O10S2. The van der Waals surface area contributed by atoms with Gasteiger partial charge in [-0.2, -0.15) is 0 Å². The molecule has 4 heterocycles. The zero-order chi connectivity index (χ0) is 49.4. The van der Waals surface area contributed by atoms with Crippen molar-refractivity contribution in [1.82, 2.24) is 20.2 Å². The van der Waals surface area contributed by atoms with Crippen LogP contribution in [0.3, 0.4) is 0 Å². The number of fused-ring (bicyclic) bond motifs is 4. The molecule has 2 aliphatic rings. The number of anilines is 2. The topological polar surface area (TPSA) is 187 Å². The molecular weight excluding hydrogens is 951 g/mol. The van der Waals surface area contributed by atoms with Crippen LogP contribution < -0.4 is 32.9 Å². The lowest BCUT2D eigenvalue weighted by molar-refractivity contribution is 0.0763. The van der Waals surface area contributed by atoms with E-state index < -0.39 is 25.9 Å². The molecule has 9 rings (SSSR count). The Hall–Kier alpha value is -7.22. The molecule has 0 radical (unpaired) electrons. The number of hydrogen-bond acceptors (Lipinski definition) is 12. The second-order valence-electron chi connectivity index (χ2n) is 16.2. The highest BCUT2D eigenvalue weighted by Gasteiger charge is 2.38. The number of sulfonamides is 2. The molecule has 2 amide bonds. The van der Waals surface area contributed by atoms with Crippen LogP contribution in [0.1, 0.15) is 48.5 Å². The van der Waals surface area contributed by atoms with Gasteiger partial charge in [-0.25, -0.2) is 21.2 Å². The maximum absolute atomic E-state index is 13.9. The average Bonchev–Trinajstić information content (AvgIpc) is 3.87. The van der Waals surface area contributed by atoms with Gasteiger partial charge in [-0.3, -0.25) is 28.2 Å². The highest BCUT2D eigenvalue weighted by molar-refractivity contribution is 7.92. The van der Waals surface area contributed by atoms with Crippen LogP contribution in [0.25, 0.3) is 21.8 Å². The van der Waals surface area contributed by atoms with Crippen molar-refractivity contribution >= 4 is 76.6 Å². The molecule has 2 aromatic heterocycles. The van der Waals surface area contributed by atoms with Gasteiger partial charge in [0.2, 0.25) is 20.0 Å². The summed E-state index contributed by atoms with van der Waals surface area (Å²) in [5.74, 6) is 0.876. The Kier molecular flexibility index (Phi) is 13.6. The number of aromatic nitrogens is 2. The van der Waals surface area contributed by atoms with Crippen LogP contribution in [-0.2, 0) is 52.9 Å². The van der Waals surface area contributed by atoms with Crippen molar-refractivity contribution < 1.29 is 49.8 Å². The van der Waals surface area contributed by atoms with Crippen LogP contribution in [0, 0.1) is 5.82 Å². The summed E-state index contributed by atoms with van der Waals surface area (Å²) < 4.78 is 88.6. The van der Waals surface area contributed by atoms with Crippen LogP contribution >= 0.6 is 11.6 Å². The summed E-state index contributed by atoms with van der Waals surface area (Å²) in [4.78, 5) is 37.0. The summed E-state index contributed by atoms with van der Waals surface area (Å²) in [6.07, 6.45) is 5.38. The monoisotopic (exact) mass is 996 g/mol. The minimum Gasteiger partial charge on any atom is -0.497 e. The summed E-state index contributed by atoms with van der Waals surface area (Å²) >= 11 is 6.26. The normalized spacial score (nSPS) is 13.1. The van der Waals surface area contributed by atoms with Gasteiger partial charge in [0, 0.05) is 73.0 Å². The highest BCUT2D eigenvalue weighted by Crippen LogP contribution is 2.46. The summed E-state index contributed by atoms with van der Waals surface area (Å²) in [6, 6.07) is 25.7. The van der Waals surface area contributed by atoms with Crippen molar-refractivity contribution in [2.75, 3.05) is 49.4 Å². The number of amides is 2. The lowest BCUT2D eigenvalue weighted by Crippen LogP contribution is -2.26. The third-order valence-corrected chi connectivity index (χ3v) is 14.5. The first-order valence-corrected chi connectivity index (χ1v) is 25.2.